The highest BCUT2D eigenvalue weighted by molar-refractivity contribution is 5.66. The molecule has 0 rings (SSSR count). The van der Waals surface area contributed by atoms with E-state index in [1.807, 2.05) is 0 Å². The number of amides is 1. The van der Waals surface area contributed by atoms with Crippen LogP contribution in [-0.2, 0) is 4.84 Å². The predicted molar refractivity (Wildman–Crippen MR) is 163 cm³/mol. The summed E-state index contributed by atoms with van der Waals surface area (Å²) in [5.74, 6) is 0. The van der Waals surface area contributed by atoms with Crippen molar-refractivity contribution >= 4 is 6.09 Å². The molecule has 0 spiro atoms. The largest absolute Gasteiger partial charge is 0.426 e. The first-order chi connectivity index (χ1) is 18.3. The minimum Gasteiger partial charge on any atom is -0.354 e. The molecule has 0 atom stereocenters. The summed E-state index contributed by atoms with van der Waals surface area (Å²) in [5.41, 5.74) is 2.82. The van der Waals surface area contributed by atoms with Crippen molar-refractivity contribution in [3.8, 4) is 0 Å². The minimum absolute atomic E-state index is 0.333. The number of hydroxylamine groups is 1. The van der Waals surface area contributed by atoms with E-state index in [9.17, 15) is 4.79 Å². The fraction of sp³-hybridized carbons (Fsp3) is 0.970. The smallest absolute Gasteiger partial charge is 0.354 e. The Morgan fingerprint density at radius 1 is 0.405 bits per heavy atom. The molecule has 0 saturated heterocycles. The maximum Gasteiger partial charge on any atom is 0.426 e. The second-order valence-electron chi connectivity index (χ2n) is 11.4. The second kappa shape index (κ2) is 33.3. The van der Waals surface area contributed by atoms with Crippen LogP contribution in [0.5, 0.6) is 0 Å². The van der Waals surface area contributed by atoms with Crippen molar-refractivity contribution in [2.75, 3.05) is 13.1 Å². The SMILES string of the molecule is CCCCCCCCCCCCCCCCNOC(=O)NCCCCCCCCCCCCCCCC. The number of carbonyl (C=O) groups is 1. The number of unbranched alkanes of at least 4 members (excludes halogenated alkanes) is 26. The third-order valence-corrected chi connectivity index (χ3v) is 7.60. The molecule has 1 amide bonds. The maximum atomic E-state index is 11.7. The normalized spacial score (nSPS) is 11.2. The van der Waals surface area contributed by atoms with Gasteiger partial charge in [0, 0.05) is 13.1 Å². The first-order valence-corrected chi connectivity index (χ1v) is 17.0. The molecule has 4 heteroatoms. The average molecular weight is 525 g/mol. The molecule has 0 radical (unpaired) electrons. The van der Waals surface area contributed by atoms with Crippen LogP contribution >= 0.6 is 0 Å². The van der Waals surface area contributed by atoms with Gasteiger partial charge in [-0.15, -0.1) is 0 Å². The number of rotatable bonds is 31. The lowest BCUT2D eigenvalue weighted by Crippen LogP contribution is -2.31. The highest BCUT2D eigenvalue weighted by Crippen LogP contribution is 2.14. The molecular formula is C33H68N2O2. The van der Waals surface area contributed by atoms with E-state index >= 15 is 0 Å². The summed E-state index contributed by atoms with van der Waals surface area (Å²) in [5, 5.41) is 2.85. The molecule has 0 bridgehead atoms. The Kier molecular flexibility index (Phi) is 32.6. The zero-order valence-electron chi connectivity index (χ0n) is 25.5. The number of nitrogens with one attached hydrogen (secondary N) is 2. The van der Waals surface area contributed by atoms with Gasteiger partial charge in [-0.25, -0.2) is 4.79 Å². The van der Waals surface area contributed by atoms with Gasteiger partial charge in [-0.3, -0.25) is 0 Å². The fourth-order valence-electron chi connectivity index (χ4n) is 5.05. The quantitative estimate of drug-likeness (QED) is 0.0700. The molecule has 0 aromatic carbocycles. The van der Waals surface area contributed by atoms with Crippen LogP contribution in [0.2, 0.25) is 0 Å². The van der Waals surface area contributed by atoms with E-state index in [4.69, 9.17) is 4.84 Å². The summed E-state index contributed by atoms with van der Waals surface area (Å²) < 4.78 is 0. The summed E-state index contributed by atoms with van der Waals surface area (Å²) in [6.07, 6.45) is 37.7. The number of hydrogen-bond donors (Lipinski definition) is 2. The Labute approximate surface area is 233 Å². The minimum atomic E-state index is -0.333. The zero-order chi connectivity index (χ0) is 26.9. The third-order valence-electron chi connectivity index (χ3n) is 7.60. The highest BCUT2D eigenvalue weighted by atomic mass is 16.7. The summed E-state index contributed by atoms with van der Waals surface area (Å²) in [6.45, 7) is 6.04. The Morgan fingerprint density at radius 3 is 1.00 bits per heavy atom. The Bertz CT molecular complexity index is 431. The molecule has 37 heavy (non-hydrogen) atoms. The van der Waals surface area contributed by atoms with Gasteiger partial charge in [0.15, 0.2) is 0 Å². The van der Waals surface area contributed by atoms with E-state index in [0.29, 0.717) is 0 Å². The van der Waals surface area contributed by atoms with E-state index in [1.165, 1.54) is 167 Å². The Hall–Kier alpha value is -0.770. The van der Waals surface area contributed by atoms with Crippen LogP contribution in [0.3, 0.4) is 0 Å². The molecule has 4 nitrogen and oxygen atoms in total. The lowest BCUT2D eigenvalue weighted by Gasteiger charge is -2.08. The van der Waals surface area contributed by atoms with Gasteiger partial charge in [-0.1, -0.05) is 181 Å². The van der Waals surface area contributed by atoms with Gasteiger partial charge >= 0.3 is 6.09 Å². The summed E-state index contributed by atoms with van der Waals surface area (Å²) in [7, 11) is 0. The van der Waals surface area contributed by atoms with Crippen LogP contribution in [0.4, 0.5) is 4.79 Å². The first kappa shape index (κ1) is 36.2. The van der Waals surface area contributed by atoms with Crippen LogP contribution < -0.4 is 10.8 Å². The van der Waals surface area contributed by atoms with E-state index in [-0.39, 0.29) is 6.09 Å². The van der Waals surface area contributed by atoms with E-state index in [1.54, 1.807) is 0 Å². The standard InChI is InChI=1S/C33H68N2O2/c1-3-5-7-9-11-13-15-17-19-21-23-25-27-29-31-34-33(36)37-35-32-30-28-26-24-22-20-18-16-14-12-10-8-6-4-2/h35H,3-32H2,1-2H3,(H,34,36). The number of carbonyl (C=O) groups excluding carboxylic acids is 1. The Balaban J connectivity index is 3.14. The topological polar surface area (TPSA) is 50.4 Å². The van der Waals surface area contributed by atoms with Gasteiger partial charge in [-0.05, 0) is 12.8 Å². The van der Waals surface area contributed by atoms with Crippen molar-refractivity contribution in [2.24, 2.45) is 0 Å². The molecule has 0 aromatic heterocycles. The Morgan fingerprint density at radius 2 is 0.676 bits per heavy atom. The zero-order valence-corrected chi connectivity index (χ0v) is 25.5. The molecule has 0 aromatic rings. The maximum absolute atomic E-state index is 11.7. The van der Waals surface area contributed by atoms with Crippen LogP contribution in [0.1, 0.15) is 194 Å². The van der Waals surface area contributed by atoms with Crippen LogP contribution in [-0.4, -0.2) is 19.2 Å². The van der Waals surface area contributed by atoms with Gasteiger partial charge in [0.25, 0.3) is 0 Å². The molecule has 0 aliphatic carbocycles. The van der Waals surface area contributed by atoms with Gasteiger partial charge in [0.05, 0.1) is 0 Å². The summed E-state index contributed by atoms with van der Waals surface area (Å²) in [6, 6.07) is 0. The van der Waals surface area contributed by atoms with Gasteiger partial charge in [0.1, 0.15) is 0 Å². The first-order valence-electron chi connectivity index (χ1n) is 17.0. The molecular weight excluding hydrogens is 456 g/mol. The average Bonchev–Trinajstić information content (AvgIpc) is 2.90. The highest BCUT2D eigenvalue weighted by Gasteiger charge is 2.01. The monoisotopic (exact) mass is 525 g/mol. The van der Waals surface area contributed by atoms with Gasteiger partial charge in [0.2, 0.25) is 0 Å². The molecule has 2 N–H and O–H groups in total. The lowest BCUT2D eigenvalue weighted by molar-refractivity contribution is 0.0888. The van der Waals surface area contributed by atoms with Crippen molar-refractivity contribution in [2.45, 2.75) is 194 Å². The van der Waals surface area contributed by atoms with Crippen LogP contribution in [0.15, 0.2) is 0 Å². The van der Waals surface area contributed by atoms with Crippen molar-refractivity contribution in [1.29, 1.82) is 0 Å². The van der Waals surface area contributed by atoms with Crippen molar-refractivity contribution in [3.05, 3.63) is 0 Å². The molecule has 222 valence electrons. The lowest BCUT2D eigenvalue weighted by atomic mass is 10.0. The third kappa shape index (κ3) is 33.2. The van der Waals surface area contributed by atoms with Crippen molar-refractivity contribution in [3.63, 3.8) is 0 Å². The summed E-state index contributed by atoms with van der Waals surface area (Å²) >= 11 is 0. The van der Waals surface area contributed by atoms with E-state index < -0.39 is 0 Å². The molecule has 0 saturated carbocycles. The van der Waals surface area contributed by atoms with Crippen molar-refractivity contribution < 1.29 is 9.63 Å². The fourth-order valence-corrected chi connectivity index (χ4v) is 5.05. The molecule has 0 fully saturated rings. The molecule has 0 unspecified atom stereocenters. The molecule has 0 heterocycles. The second-order valence-corrected chi connectivity index (χ2v) is 11.4. The number of hydrogen-bond acceptors (Lipinski definition) is 3. The van der Waals surface area contributed by atoms with Crippen LogP contribution in [0, 0.1) is 0 Å². The molecule has 0 aliphatic heterocycles. The van der Waals surface area contributed by atoms with Gasteiger partial charge in [-0.2, -0.15) is 5.48 Å². The van der Waals surface area contributed by atoms with Crippen molar-refractivity contribution in [1.82, 2.24) is 10.8 Å². The van der Waals surface area contributed by atoms with Gasteiger partial charge < -0.3 is 10.2 Å². The van der Waals surface area contributed by atoms with Crippen LogP contribution in [0.25, 0.3) is 0 Å². The summed E-state index contributed by atoms with van der Waals surface area (Å²) in [4.78, 5) is 16.8. The van der Waals surface area contributed by atoms with E-state index in [2.05, 4.69) is 24.6 Å². The predicted octanol–water partition coefficient (Wildman–Crippen LogP) is 11.2. The molecule has 0 aliphatic rings. The van der Waals surface area contributed by atoms with E-state index in [0.717, 1.165) is 25.9 Å².